The van der Waals surface area contributed by atoms with Gasteiger partial charge in [0.05, 0.1) is 6.61 Å². The first-order valence-electron chi connectivity index (χ1n) is 24.3. The Morgan fingerprint density at radius 3 is 0.917 bits per heavy atom. The molecule has 1 heterocycles. The van der Waals surface area contributed by atoms with Gasteiger partial charge in [0.25, 0.3) is 0 Å². The lowest BCUT2D eigenvalue weighted by molar-refractivity contribution is -0.155. The highest BCUT2D eigenvalue weighted by molar-refractivity contribution is 5.11. The topological polar surface area (TPSA) is 38.7 Å². The average molecular weight is 827 g/mol. The molecule has 0 aliphatic carbocycles. The summed E-state index contributed by atoms with van der Waals surface area (Å²) in [6.07, 6.45) is 50.1. The molecular weight excluding hydrogens is 733 g/mol. The van der Waals surface area contributed by atoms with Crippen LogP contribution >= 0.6 is 0 Å². The first-order valence-corrected chi connectivity index (χ1v) is 24.3. The number of aliphatic hydroxyl groups is 1. The maximum Gasteiger partial charge on any atom is 0.157 e. The number of allylic oxidation sites excluding steroid dienone is 19. The van der Waals surface area contributed by atoms with Crippen molar-refractivity contribution in [2.24, 2.45) is 0 Å². The molecule has 0 saturated carbocycles. The fraction of sp³-hybridized carbons (Fsp3) is 0.649. The largest absolute Gasteiger partial charge is 0.396 e. The van der Waals surface area contributed by atoms with Crippen LogP contribution in [0.3, 0.4) is 0 Å². The van der Waals surface area contributed by atoms with Crippen molar-refractivity contribution in [1.29, 1.82) is 0 Å². The molecule has 3 heteroatoms. The summed E-state index contributed by atoms with van der Waals surface area (Å²) in [5.41, 5.74) is 14.9. The molecule has 0 aromatic rings. The van der Waals surface area contributed by atoms with Crippen molar-refractivity contribution >= 4 is 0 Å². The molecule has 60 heavy (non-hydrogen) atoms. The maximum absolute atomic E-state index is 8.98. The van der Waals surface area contributed by atoms with E-state index < -0.39 is 0 Å². The van der Waals surface area contributed by atoms with E-state index in [4.69, 9.17) is 14.6 Å². The molecule has 1 aliphatic heterocycles. The summed E-state index contributed by atoms with van der Waals surface area (Å²) in [5, 5.41) is 8.98. The number of hydrogen-bond donors (Lipinski definition) is 1. The quantitative estimate of drug-likeness (QED) is 0.0670. The van der Waals surface area contributed by atoms with Crippen LogP contribution in [0.15, 0.2) is 116 Å². The van der Waals surface area contributed by atoms with Gasteiger partial charge >= 0.3 is 0 Å². The van der Waals surface area contributed by atoms with Crippen molar-refractivity contribution in [1.82, 2.24) is 0 Å². The lowest BCUT2D eigenvalue weighted by atomic mass is 10.0. The molecule has 0 radical (unpaired) electrons. The van der Waals surface area contributed by atoms with Crippen molar-refractivity contribution in [3.05, 3.63) is 116 Å². The number of aliphatic hydroxyl groups excluding tert-OH is 1. The van der Waals surface area contributed by atoms with Gasteiger partial charge in [0, 0.05) is 13.2 Å². The SMILES string of the molecule is C/C(=C/CC/C(C)=C\CC/C(C)=C\CC/C(C)=C\COC1CCCCO1)CC/C=C(/C)CC/C=C(/C)CC/C=C(/C)CC/C=C(\C)CC/C=C(\C)CC/C=C(\C)CCCO. The molecule has 1 saturated heterocycles. The molecule has 3 nitrogen and oxygen atoms in total. The second-order valence-electron chi connectivity index (χ2n) is 18.3. The van der Waals surface area contributed by atoms with Crippen molar-refractivity contribution < 1.29 is 14.6 Å². The standard InChI is InChI=1S/C57H94O3/c1-47(25-14-27-49(3)29-16-31-51(5)33-18-35-53(7)37-20-39-55(9)41-22-44-58)23-13-24-48(2)26-15-28-50(4)30-17-32-52(6)34-19-36-54(8)38-21-40-56(10)43-46-60-57-42-11-12-45-59-57/h23,26-27,30-31,34-35,38-39,43,57-58H,11-22,24-25,28-29,32-33,36-37,40-42,44-46H2,1-10H3/b47-23-,48-26-,49-27-,50-30-,51-31+,52-34-,53-35+,54-38-,55-39+,56-43-. The van der Waals surface area contributed by atoms with Crippen molar-refractivity contribution in [2.75, 3.05) is 19.8 Å². The first-order chi connectivity index (χ1) is 28.9. The van der Waals surface area contributed by atoms with Crippen molar-refractivity contribution in [2.45, 2.75) is 223 Å². The van der Waals surface area contributed by atoms with Crippen LogP contribution < -0.4 is 0 Å². The summed E-state index contributed by atoms with van der Waals surface area (Å²) in [4.78, 5) is 0. The Balaban J connectivity index is 2.19. The van der Waals surface area contributed by atoms with Crippen LogP contribution in [-0.2, 0) is 9.47 Å². The molecule has 0 aromatic heterocycles. The molecule has 1 unspecified atom stereocenters. The van der Waals surface area contributed by atoms with Crippen LogP contribution in [0.2, 0.25) is 0 Å². The highest BCUT2D eigenvalue weighted by Gasteiger charge is 2.13. The number of ether oxygens (including phenoxy) is 2. The Labute approximate surface area is 372 Å². The molecule has 1 fully saturated rings. The van der Waals surface area contributed by atoms with Gasteiger partial charge in [-0.1, -0.05) is 116 Å². The molecule has 1 atom stereocenters. The van der Waals surface area contributed by atoms with Crippen molar-refractivity contribution in [3.63, 3.8) is 0 Å². The lowest BCUT2D eigenvalue weighted by Crippen LogP contribution is -2.22. The summed E-state index contributed by atoms with van der Waals surface area (Å²) in [5.74, 6) is 0. The fourth-order valence-corrected chi connectivity index (χ4v) is 7.43. The van der Waals surface area contributed by atoms with E-state index >= 15 is 0 Å². The third kappa shape index (κ3) is 33.9. The first kappa shape index (κ1) is 55.3. The number of rotatable bonds is 33. The second kappa shape index (κ2) is 36.9. The van der Waals surface area contributed by atoms with Crippen LogP contribution in [-0.4, -0.2) is 31.2 Å². The highest BCUT2D eigenvalue weighted by atomic mass is 16.7. The Morgan fingerprint density at radius 2 is 0.667 bits per heavy atom. The molecule has 1 rings (SSSR count). The fourth-order valence-electron chi connectivity index (χ4n) is 7.43. The van der Waals surface area contributed by atoms with Crippen LogP contribution in [0, 0.1) is 0 Å². The smallest absolute Gasteiger partial charge is 0.157 e. The van der Waals surface area contributed by atoms with Crippen LogP contribution in [0.25, 0.3) is 0 Å². The summed E-state index contributed by atoms with van der Waals surface area (Å²) in [6.45, 7) is 24.5. The van der Waals surface area contributed by atoms with E-state index in [2.05, 4.69) is 130 Å². The maximum atomic E-state index is 8.98. The summed E-state index contributed by atoms with van der Waals surface area (Å²) in [6, 6.07) is 0. The molecule has 0 spiro atoms. The van der Waals surface area contributed by atoms with Gasteiger partial charge in [-0.25, -0.2) is 0 Å². The average Bonchev–Trinajstić information content (AvgIpc) is 3.20. The van der Waals surface area contributed by atoms with E-state index in [0.29, 0.717) is 6.61 Å². The Bertz CT molecular complexity index is 1460. The predicted molar refractivity (Wildman–Crippen MR) is 267 cm³/mol. The number of hydrogen-bond acceptors (Lipinski definition) is 3. The monoisotopic (exact) mass is 827 g/mol. The Morgan fingerprint density at radius 1 is 0.400 bits per heavy atom. The Kier molecular flexibility index (Phi) is 34.0. The predicted octanol–water partition coefficient (Wildman–Crippen LogP) is 17.8. The minimum atomic E-state index is 0.00140. The van der Waals surface area contributed by atoms with Crippen LogP contribution in [0.1, 0.15) is 217 Å². The minimum absolute atomic E-state index is 0.00140. The van der Waals surface area contributed by atoms with E-state index in [9.17, 15) is 0 Å². The molecule has 0 bridgehead atoms. The second-order valence-corrected chi connectivity index (χ2v) is 18.3. The third-order valence-electron chi connectivity index (χ3n) is 11.9. The zero-order valence-electron chi connectivity index (χ0n) is 41.0. The molecular formula is C57H94O3. The van der Waals surface area contributed by atoms with Gasteiger partial charge in [0.2, 0.25) is 0 Å². The zero-order valence-corrected chi connectivity index (χ0v) is 41.0. The third-order valence-corrected chi connectivity index (χ3v) is 11.9. The zero-order chi connectivity index (χ0) is 44.2. The van der Waals surface area contributed by atoms with E-state index in [1.165, 1.54) is 81.4 Å². The normalized spacial score (nSPS) is 17.6. The molecule has 1 N–H and O–H groups in total. The van der Waals surface area contributed by atoms with Gasteiger partial charge in [-0.2, -0.15) is 0 Å². The van der Waals surface area contributed by atoms with E-state index in [-0.39, 0.29) is 12.9 Å². The molecule has 1 aliphatic rings. The van der Waals surface area contributed by atoms with Crippen LogP contribution in [0.4, 0.5) is 0 Å². The molecule has 340 valence electrons. The molecule has 0 aromatic carbocycles. The Hall–Kier alpha value is -2.72. The summed E-state index contributed by atoms with van der Waals surface area (Å²) in [7, 11) is 0. The van der Waals surface area contributed by atoms with Crippen molar-refractivity contribution in [3.8, 4) is 0 Å². The van der Waals surface area contributed by atoms with Gasteiger partial charge < -0.3 is 14.6 Å². The molecule has 0 amide bonds. The van der Waals surface area contributed by atoms with Gasteiger partial charge in [0.15, 0.2) is 6.29 Å². The van der Waals surface area contributed by atoms with E-state index in [0.717, 1.165) is 129 Å². The van der Waals surface area contributed by atoms with E-state index in [1.807, 2.05) is 0 Å². The van der Waals surface area contributed by atoms with Gasteiger partial charge in [-0.3, -0.25) is 0 Å². The highest BCUT2D eigenvalue weighted by Crippen LogP contribution is 2.19. The van der Waals surface area contributed by atoms with E-state index in [1.54, 1.807) is 0 Å². The van der Waals surface area contributed by atoms with Gasteiger partial charge in [0.1, 0.15) is 0 Å². The lowest BCUT2D eigenvalue weighted by Gasteiger charge is -2.22. The summed E-state index contributed by atoms with van der Waals surface area (Å²) >= 11 is 0. The van der Waals surface area contributed by atoms with Crippen LogP contribution in [0.5, 0.6) is 0 Å². The minimum Gasteiger partial charge on any atom is -0.396 e. The summed E-state index contributed by atoms with van der Waals surface area (Å²) < 4.78 is 11.5. The van der Waals surface area contributed by atoms with Gasteiger partial charge in [-0.05, 0) is 217 Å². The van der Waals surface area contributed by atoms with Gasteiger partial charge in [-0.15, -0.1) is 0 Å².